The molecule has 1 aliphatic heterocycles. The van der Waals surface area contributed by atoms with Crippen LogP contribution in [0.4, 0.5) is 11.4 Å². The Balaban J connectivity index is 1.57. The highest BCUT2D eigenvalue weighted by Crippen LogP contribution is 2.53. The summed E-state index contributed by atoms with van der Waals surface area (Å²) in [7, 11) is 0. The molecule has 4 nitrogen and oxygen atoms in total. The summed E-state index contributed by atoms with van der Waals surface area (Å²) in [4.78, 5) is 9.80. The number of fused-ring (bicyclic) bond motifs is 3. The Hall–Kier alpha value is -4.57. The predicted octanol–water partition coefficient (Wildman–Crippen LogP) is 9.06. The van der Waals surface area contributed by atoms with E-state index in [1.165, 1.54) is 33.5 Å². The summed E-state index contributed by atoms with van der Waals surface area (Å²) in [5.74, 6) is 0. The van der Waals surface area contributed by atoms with Crippen LogP contribution < -0.4 is 9.80 Å². The molecule has 4 aromatic carbocycles. The van der Waals surface area contributed by atoms with Crippen LogP contribution in [-0.4, -0.2) is 11.0 Å². The maximum atomic E-state index is 6.58. The fourth-order valence-corrected chi connectivity index (χ4v) is 6.80. The third-order valence-electron chi connectivity index (χ3n) is 8.57. The number of aryl methyl sites for hydroxylation is 3. The minimum atomic E-state index is -0.0470. The lowest BCUT2D eigenvalue weighted by Crippen LogP contribution is -2.34. The molecule has 0 radical (unpaired) electrons. The van der Waals surface area contributed by atoms with Crippen LogP contribution in [0.2, 0.25) is 0 Å². The minimum absolute atomic E-state index is 0.0470. The summed E-state index contributed by atoms with van der Waals surface area (Å²) in [5, 5.41) is 2.15. The molecule has 3 atom stereocenters. The maximum absolute atomic E-state index is 6.58. The molecule has 4 heteroatoms. The van der Waals surface area contributed by atoms with Crippen LogP contribution in [0, 0.1) is 20.8 Å². The van der Waals surface area contributed by atoms with Gasteiger partial charge in [0.2, 0.25) is 5.71 Å². The van der Waals surface area contributed by atoms with Gasteiger partial charge in [-0.1, -0.05) is 78.9 Å². The molecule has 6 aromatic rings. The molecule has 0 amide bonds. The first-order valence-electron chi connectivity index (χ1n) is 14.0. The van der Waals surface area contributed by atoms with Crippen LogP contribution in [0.1, 0.15) is 46.9 Å². The Morgan fingerprint density at radius 2 is 1.35 bits per heavy atom. The lowest BCUT2D eigenvalue weighted by Gasteiger charge is -2.37. The van der Waals surface area contributed by atoms with Gasteiger partial charge in [0.15, 0.2) is 5.58 Å². The van der Waals surface area contributed by atoms with E-state index in [-0.39, 0.29) is 18.2 Å². The van der Waals surface area contributed by atoms with Gasteiger partial charge in [-0.15, -0.1) is 0 Å². The molecule has 1 fully saturated rings. The SMILES string of the molecule is Cc1cccc(C)c1C1N(c2ccccc2)C(c2ccccc2)[C@H](C)N1c1c(C)ccc2c1oc1ncccc12. The van der Waals surface area contributed by atoms with Gasteiger partial charge >= 0.3 is 0 Å². The lowest BCUT2D eigenvalue weighted by molar-refractivity contribution is 0.622. The molecule has 3 heterocycles. The summed E-state index contributed by atoms with van der Waals surface area (Å²) in [6.07, 6.45) is 1.76. The van der Waals surface area contributed by atoms with Gasteiger partial charge in [0.1, 0.15) is 6.17 Å². The second kappa shape index (κ2) is 9.56. The van der Waals surface area contributed by atoms with E-state index in [1.54, 1.807) is 6.20 Å². The zero-order valence-electron chi connectivity index (χ0n) is 23.4. The first-order chi connectivity index (χ1) is 19.5. The average molecular weight is 524 g/mol. The van der Waals surface area contributed by atoms with Crippen LogP contribution in [-0.2, 0) is 0 Å². The van der Waals surface area contributed by atoms with E-state index in [4.69, 9.17) is 4.42 Å². The van der Waals surface area contributed by atoms with Crippen LogP contribution >= 0.6 is 0 Å². The van der Waals surface area contributed by atoms with Gasteiger partial charge in [-0.3, -0.25) is 0 Å². The fraction of sp³-hybridized carbons (Fsp3) is 0.194. The highest BCUT2D eigenvalue weighted by molar-refractivity contribution is 6.08. The standard InChI is InChI=1S/C36H33N3O/c1-23-13-11-14-24(2)31(23)36-38(32-25(3)20-21-29-30-19-12-22-37-35(30)40-34(29)32)26(4)33(27-15-7-5-8-16-27)39(36)28-17-9-6-10-18-28/h5-22,26,33,36H,1-4H3/t26-,33?,36?/m0/s1. The predicted molar refractivity (Wildman–Crippen MR) is 165 cm³/mol. The molecule has 0 aliphatic carbocycles. The molecule has 198 valence electrons. The number of hydrogen-bond acceptors (Lipinski definition) is 4. The zero-order valence-corrected chi connectivity index (χ0v) is 23.4. The number of benzene rings is 4. The number of para-hydroxylation sites is 1. The van der Waals surface area contributed by atoms with E-state index in [1.807, 2.05) is 6.07 Å². The molecule has 7 rings (SSSR count). The summed E-state index contributed by atoms with van der Waals surface area (Å²) >= 11 is 0. The van der Waals surface area contributed by atoms with Crippen LogP contribution in [0.25, 0.3) is 22.1 Å². The first kappa shape index (κ1) is 24.5. The number of rotatable bonds is 4. The van der Waals surface area contributed by atoms with Crippen molar-refractivity contribution in [3.8, 4) is 0 Å². The zero-order chi connectivity index (χ0) is 27.4. The third-order valence-corrected chi connectivity index (χ3v) is 8.57. The van der Waals surface area contributed by atoms with Gasteiger partial charge in [0.05, 0.1) is 17.8 Å². The van der Waals surface area contributed by atoms with E-state index in [0.29, 0.717) is 5.71 Å². The molecule has 2 unspecified atom stereocenters. The van der Waals surface area contributed by atoms with Crippen molar-refractivity contribution in [1.29, 1.82) is 0 Å². The Morgan fingerprint density at radius 1 is 0.650 bits per heavy atom. The van der Waals surface area contributed by atoms with E-state index in [9.17, 15) is 0 Å². The Bertz CT molecular complexity index is 1810. The van der Waals surface area contributed by atoms with Crippen molar-refractivity contribution < 1.29 is 4.42 Å². The Labute approximate surface area is 235 Å². The number of hydrogen-bond donors (Lipinski definition) is 0. The summed E-state index contributed by atoms with van der Waals surface area (Å²) in [6.45, 7) is 9.04. The molecule has 40 heavy (non-hydrogen) atoms. The average Bonchev–Trinajstić information content (AvgIpc) is 3.49. The maximum Gasteiger partial charge on any atom is 0.227 e. The smallest absolute Gasteiger partial charge is 0.227 e. The van der Waals surface area contributed by atoms with Crippen molar-refractivity contribution in [1.82, 2.24) is 4.98 Å². The van der Waals surface area contributed by atoms with Crippen molar-refractivity contribution in [2.75, 3.05) is 9.80 Å². The van der Waals surface area contributed by atoms with E-state index in [2.05, 4.69) is 140 Å². The molecule has 1 saturated heterocycles. The highest BCUT2D eigenvalue weighted by atomic mass is 16.3. The summed E-state index contributed by atoms with van der Waals surface area (Å²) in [6, 6.07) is 37.2. The number of anilines is 2. The van der Waals surface area contributed by atoms with E-state index in [0.717, 1.165) is 22.0 Å². The van der Waals surface area contributed by atoms with Crippen molar-refractivity contribution in [3.05, 3.63) is 137 Å². The van der Waals surface area contributed by atoms with Crippen molar-refractivity contribution >= 4 is 33.4 Å². The largest absolute Gasteiger partial charge is 0.436 e. The van der Waals surface area contributed by atoms with Crippen molar-refractivity contribution in [2.45, 2.75) is 45.9 Å². The Kier molecular flexibility index (Phi) is 5.85. The second-order valence-corrected chi connectivity index (χ2v) is 11.0. The molecular weight excluding hydrogens is 490 g/mol. The van der Waals surface area contributed by atoms with Gasteiger partial charge in [-0.05, 0) is 74.2 Å². The number of furan rings is 1. The fourth-order valence-electron chi connectivity index (χ4n) is 6.80. The summed E-state index contributed by atoms with van der Waals surface area (Å²) in [5.41, 5.74) is 10.3. The number of pyridine rings is 1. The van der Waals surface area contributed by atoms with Crippen molar-refractivity contribution in [2.24, 2.45) is 0 Å². The summed E-state index contributed by atoms with van der Waals surface area (Å²) < 4.78 is 6.58. The van der Waals surface area contributed by atoms with Crippen molar-refractivity contribution in [3.63, 3.8) is 0 Å². The van der Waals surface area contributed by atoms with Gasteiger partial charge in [-0.2, -0.15) is 0 Å². The topological polar surface area (TPSA) is 32.5 Å². The normalized spacial score (nSPS) is 19.1. The molecule has 2 aromatic heterocycles. The van der Waals surface area contributed by atoms with Gasteiger partial charge in [0, 0.05) is 28.2 Å². The quantitative estimate of drug-likeness (QED) is 0.231. The first-order valence-corrected chi connectivity index (χ1v) is 14.0. The van der Waals surface area contributed by atoms with Crippen LogP contribution in [0.15, 0.2) is 114 Å². The second-order valence-electron chi connectivity index (χ2n) is 11.0. The molecule has 0 bridgehead atoms. The van der Waals surface area contributed by atoms with Crippen LogP contribution in [0.5, 0.6) is 0 Å². The van der Waals surface area contributed by atoms with Gasteiger partial charge in [0.25, 0.3) is 0 Å². The van der Waals surface area contributed by atoms with Crippen LogP contribution in [0.3, 0.4) is 0 Å². The molecule has 1 aliphatic rings. The minimum Gasteiger partial charge on any atom is -0.436 e. The lowest BCUT2D eigenvalue weighted by atomic mass is 9.97. The van der Waals surface area contributed by atoms with Gasteiger partial charge < -0.3 is 14.2 Å². The number of nitrogens with zero attached hydrogens (tertiary/aromatic N) is 3. The molecule has 0 saturated carbocycles. The van der Waals surface area contributed by atoms with Gasteiger partial charge in [-0.25, -0.2) is 4.98 Å². The molecule has 0 N–H and O–H groups in total. The third kappa shape index (κ3) is 3.70. The Morgan fingerprint density at radius 3 is 2.08 bits per heavy atom. The molecular formula is C36H33N3O. The number of aromatic nitrogens is 1. The highest BCUT2D eigenvalue weighted by Gasteiger charge is 2.48. The molecule has 0 spiro atoms. The van der Waals surface area contributed by atoms with E-state index < -0.39 is 0 Å². The monoisotopic (exact) mass is 523 g/mol. The van der Waals surface area contributed by atoms with E-state index >= 15 is 0 Å².